The quantitative estimate of drug-likeness (QED) is 0.354. The van der Waals surface area contributed by atoms with Crippen LogP contribution in [-0.2, 0) is 16.6 Å². The molecule has 2 heterocycles. The number of aromatic nitrogens is 1. The Morgan fingerprint density at radius 2 is 1.65 bits per heavy atom. The summed E-state index contributed by atoms with van der Waals surface area (Å²) in [6, 6.07) is 22.2. The van der Waals surface area contributed by atoms with Gasteiger partial charge in [0.15, 0.2) is 0 Å². The van der Waals surface area contributed by atoms with E-state index in [0.29, 0.717) is 24.5 Å². The van der Waals surface area contributed by atoms with Gasteiger partial charge in [-0.15, -0.1) is 0 Å². The molecule has 0 bridgehead atoms. The van der Waals surface area contributed by atoms with Gasteiger partial charge in [0, 0.05) is 36.2 Å². The number of benzene rings is 3. The number of fused-ring (bicyclic) bond motifs is 1. The predicted molar refractivity (Wildman–Crippen MR) is 134 cm³/mol. The molecular formula is C28H29FN2O2S. The fourth-order valence-electron chi connectivity index (χ4n) is 5.30. The van der Waals surface area contributed by atoms with E-state index in [1.165, 1.54) is 22.7 Å². The zero-order valence-electron chi connectivity index (χ0n) is 19.5. The average molecular weight is 477 g/mol. The fourth-order valence-corrected chi connectivity index (χ4v) is 6.88. The third-order valence-electron chi connectivity index (χ3n) is 7.00. The normalized spacial score (nSPS) is 15.7. The molecule has 1 aliphatic rings. The van der Waals surface area contributed by atoms with E-state index in [1.807, 2.05) is 25.1 Å². The second-order valence-corrected chi connectivity index (χ2v) is 11.2. The zero-order valence-corrected chi connectivity index (χ0v) is 20.4. The highest BCUT2D eigenvalue weighted by atomic mass is 32.2. The lowest BCUT2D eigenvalue weighted by Crippen LogP contribution is -2.38. The van der Waals surface area contributed by atoms with Gasteiger partial charge < -0.3 is 4.57 Å². The van der Waals surface area contributed by atoms with Crippen LogP contribution in [0.25, 0.3) is 10.9 Å². The Balaban J connectivity index is 1.43. The van der Waals surface area contributed by atoms with Crippen LogP contribution in [0.5, 0.6) is 0 Å². The number of sulfonamides is 1. The fraction of sp³-hybridized carbons (Fsp3) is 0.286. The first kappa shape index (κ1) is 22.8. The van der Waals surface area contributed by atoms with Gasteiger partial charge in [-0.25, -0.2) is 12.8 Å². The van der Waals surface area contributed by atoms with E-state index >= 15 is 0 Å². The van der Waals surface area contributed by atoms with Gasteiger partial charge >= 0.3 is 0 Å². The second-order valence-electron chi connectivity index (χ2n) is 9.23. The third-order valence-corrected chi connectivity index (χ3v) is 8.89. The van der Waals surface area contributed by atoms with Gasteiger partial charge in [0.2, 0.25) is 10.0 Å². The number of para-hydroxylation sites is 1. The Hall–Kier alpha value is -2.96. The number of aryl methyl sites for hydroxylation is 1. The van der Waals surface area contributed by atoms with Crippen molar-refractivity contribution in [3.8, 4) is 0 Å². The van der Waals surface area contributed by atoms with E-state index in [-0.39, 0.29) is 11.7 Å². The maximum absolute atomic E-state index is 13.8. The van der Waals surface area contributed by atoms with E-state index in [1.54, 1.807) is 34.6 Å². The minimum absolute atomic E-state index is 0.228. The smallest absolute Gasteiger partial charge is 0.243 e. The van der Waals surface area contributed by atoms with Gasteiger partial charge in [-0.2, -0.15) is 4.31 Å². The molecule has 1 saturated heterocycles. The molecule has 0 saturated carbocycles. The SMILES string of the molecule is Cc1cccc(S(=O)(=O)N2CCC(c3c(C)n(Cc4cccc(F)c4)c4ccccc34)CC2)c1. The molecule has 176 valence electrons. The van der Waals surface area contributed by atoms with Crippen molar-refractivity contribution in [2.24, 2.45) is 0 Å². The lowest BCUT2D eigenvalue weighted by molar-refractivity contribution is 0.319. The largest absolute Gasteiger partial charge is 0.340 e. The van der Waals surface area contributed by atoms with Crippen LogP contribution in [0.15, 0.2) is 77.7 Å². The van der Waals surface area contributed by atoms with Crippen LogP contribution in [0.2, 0.25) is 0 Å². The second kappa shape index (κ2) is 9.01. The Morgan fingerprint density at radius 1 is 0.912 bits per heavy atom. The first-order valence-electron chi connectivity index (χ1n) is 11.7. The lowest BCUT2D eigenvalue weighted by atomic mass is 9.88. The molecule has 34 heavy (non-hydrogen) atoms. The lowest BCUT2D eigenvalue weighted by Gasteiger charge is -2.31. The summed E-state index contributed by atoms with van der Waals surface area (Å²) in [7, 11) is -3.49. The van der Waals surface area contributed by atoms with Gasteiger partial charge in [-0.05, 0) is 79.6 Å². The van der Waals surface area contributed by atoms with E-state index in [4.69, 9.17) is 0 Å². The number of rotatable bonds is 5. The molecule has 0 atom stereocenters. The van der Waals surface area contributed by atoms with Crippen molar-refractivity contribution in [1.29, 1.82) is 0 Å². The summed E-state index contributed by atoms with van der Waals surface area (Å²) >= 11 is 0. The van der Waals surface area contributed by atoms with Gasteiger partial charge in [0.05, 0.1) is 4.90 Å². The van der Waals surface area contributed by atoms with Crippen LogP contribution >= 0.6 is 0 Å². The van der Waals surface area contributed by atoms with Crippen LogP contribution in [0.1, 0.15) is 41.1 Å². The van der Waals surface area contributed by atoms with Crippen molar-refractivity contribution in [3.63, 3.8) is 0 Å². The van der Waals surface area contributed by atoms with Crippen molar-refractivity contribution in [2.75, 3.05) is 13.1 Å². The molecule has 3 aromatic carbocycles. The van der Waals surface area contributed by atoms with E-state index < -0.39 is 10.0 Å². The van der Waals surface area contributed by atoms with Gasteiger partial charge in [-0.1, -0.05) is 42.5 Å². The molecule has 0 unspecified atom stereocenters. The summed E-state index contributed by atoms with van der Waals surface area (Å²) in [5.41, 5.74) is 5.46. The summed E-state index contributed by atoms with van der Waals surface area (Å²) in [6.45, 7) is 5.65. The Bertz CT molecular complexity index is 1450. The summed E-state index contributed by atoms with van der Waals surface area (Å²) < 4.78 is 44.1. The molecule has 0 spiro atoms. The maximum atomic E-state index is 13.8. The highest BCUT2D eigenvalue weighted by molar-refractivity contribution is 7.89. The molecule has 4 aromatic rings. The summed E-state index contributed by atoms with van der Waals surface area (Å²) in [4.78, 5) is 0.369. The monoisotopic (exact) mass is 476 g/mol. The first-order valence-corrected chi connectivity index (χ1v) is 13.2. The molecule has 1 aromatic heterocycles. The Labute approximate surface area is 200 Å². The van der Waals surface area contributed by atoms with Crippen molar-refractivity contribution in [2.45, 2.75) is 44.0 Å². The van der Waals surface area contributed by atoms with Crippen molar-refractivity contribution in [1.82, 2.24) is 8.87 Å². The van der Waals surface area contributed by atoms with Crippen molar-refractivity contribution < 1.29 is 12.8 Å². The minimum Gasteiger partial charge on any atom is -0.340 e. The van der Waals surface area contributed by atoms with Crippen molar-refractivity contribution in [3.05, 3.63) is 101 Å². The van der Waals surface area contributed by atoms with Crippen LogP contribution < -0.4 is 0 Å². The van der Waals surface area contributed by atoms with Gasteiger partial charge in [0.25, 0.3) is 0 Å². The molecule has 1 fully saturated rings. The third kappa shape index (κ3) is 4.17. The standard InChI is InChI=1S/C28H29FN2O2S/c1-20-7-5-10-25(17-20)34(32,33)30-15-13-23(14-16-30)28-21(2)31(27-12-4-3-11-26(27)28)19-22-8-6-9-24(29)18-22/h3-12,17-18,23H,13-16,19H2,1-2H3. The van der Waals surface area contributed by atoms with Crippen LogP contribution in [0.4, 0.5) is 4.39 Å². The number of hydrogen-bond donors (Lipinski definition) is 0. The van der Waals surface area contributed by atoms with E-state index in [2.05, 4.69) is 29.7 Å². The number of halogens is 1. The summed E-state index contributed by atoms with van der Waals surface area (Å²) in [5, 5.41) is 1.20. The Kier molecular flexibility index (Phi) is 6.04. The molecule has 4 nitrogen and oxygen atoms in total. The van der Waals surface area contributed by atoms with Crippen LogP contribution in [0.3, 0.4) is 0 Å². The predicted octanol–water partition coefficient (Wildman–Crippen LogP) is 6.01. The van der Waals surface area contributed by atoms with Gasteiger partial charge in [0.1, 0.15) is 5.82 Å². The first-order chi connectivity index (χ1) is 16.3. The number of hydrogen-bond acceptors (Lipinski definition) is 2. The molecule has 0 amide bonds. The van der Waals surface area contributed by atoms with Gasteiger partial charge in [-0.3, -0.25) is 0 Å². The molecule has 1 aliphatic heterocycles. The molecule has 5 rings (SSSR count). The average Bonchev–Trinajstić information content (AvgIpc) is 3.10. The van der Waals surface area contributed by atoms with E-state index in [9.17, 15) is 12.8 Å². The van der Waals surface area contributed by atoms with Crippen LogP contribution in [-0.4, -0.2) is 30.4 Å². The zero-order chi connectivity index (χ0) is 23.9. The maximum Gasteiger partial charge on any atom is 0.243 e. The van der Waals surface area contributed by atoms with E-state index in [0.717, 1.165) is 29.5 Å². The summed E-state index contributed by atoms with van der Waals surface area (Å²) in [6.07, 6.45) is 1.56. The number of nitrogens with zero attached hydrogens (tertiary/aromatic N) is 2. The molecule has 0 radical (unpaired) electrons. The topological polar surface area (TPSA) is 42.3 Å². The molecule has 6 heteroatoms. The van der Waals surface area contributed by atoms with Crippen molar-refractivity contribution >= 4 is 20.9 Å². The molecule has 0 aliphatic carbocycles. The Morgan fingerprint density at radius 3 is 2.38 bits per heavy atom. The van der Waals surface area contributed by atoms with Crippen LogP contribution in [0, 0.1) is 19.7 Å². The molecular weight excluding hydrogens is 447 g/mol. The summed E-state index contributed by atoms with van der Waals surface area (Å²) in [5.74, 6) is 0.0525. The minimum atomic E-state index is -3.49. The molecule has 0 N–H and O–H groups in total. The highest BCUT2D eigenvalue weighted by Gasteiger charge is 2.32. The number of piperidine rings is 1. The highest BCUT2D eigenvalue weighted by Crippen LogP contribution is 2.38.